The molecule has 12 aromatic rings. The Hall–Kier alpha value is -11.3. The van der Waals surface area contributed by atoms with E-state index in [-0.39, 0.29) is 0 Å². The van der Waals surface area contributed by atoms with Crippen molar-refractivity contribution in [3.05, 3.63) is 240 Å². The predicted octanol–water partition coefficient (Wildman–Crippen LogP) is 15.4. The van der Waals surface area contributed by atoms with Crippen molar-refractivity contribution >= 4 is 43.6 Å². The second-order valence-electron chi connectivity index (χ2n) is 17.9. The van der Waals surface area contributed by atoms with Crippen LogP contribution in [-0.4, -0.2) is 9.13 Å². The quantitative estimate of drug-likeness (QED) is 0.155. The van der Waals surface area contributed by atoms with Crippen LogP contribution in [0.15, 0.2) is 206 Å². The number of aromatic nitrogens is 2. The molecule has 0 bridgehead atoms. The largest absolute Gasteiger partial charge is 0.308 e. The van der Waals surface area contributed by atoms with Crippen LogP contribution in [0.2, 0.25) is 0 Å². The van der Waals surface area contributed by atoms with Gasteiger partial charge in [-0.05, 0) is 117 Å². The van der Waals surface area contributed by atoms with Crippen LogP contribution in [0.1, 0.15) is 33.4 Å². The minimum absolute atomic E-state index is 0.318. The molecule has 0 aliphatic rings. The third kappa shape index (κ3) is 7.02. The van der Waals surface area contributed by atoms with Crippen LogP contribution in [-0.2, 0) is 0 Å². The van der Waals surface area contributed by atoms with E-state index in [9.17, 15) is 31.6 Å². The third-order valence-electron chi connectivity index (χ3n) is 14.0. The predicted molar refractivity (Wildman–Crippen MR) is 291 cm³/mol. The van der Waals surface area contributed by atoms with Crippen molar-refractivity contribution in [1.29, 1.82) is 31.6 Å². The average molecular weight is 939 g/mol. The first kappa shape index (κ1) is 44.0. The molecule has 8 nitrogen and oxygen atoms in total. The highest BCUT2D eigenvalue weighted by Gasteiger charge is 2.26. The number of nitrogens with zero attached hydrogens (tertiary/aromatic N) is 8. The third-order valence-corrected chi connectivity index (χ3v) is 14.0. The summed E-state index contributed by atoms with van der Waals surface area (Å²) in [5.74, 6) is 0. The minimum atomic E-state index is 0.318. The molecule has 0 saturated carbocycles. The van der Waals surface area contributed by atoms with Crippen LogP contribution in [0, 0.1) is 68.0 Å². The first-order valence-electron chi connectivity index (χ1n) is 23.7. The van der Waals surface area contributed by atoms with Gasteiger partial charge in [-0.2, -0.15) is 31.6 Å². The summed E-state index contributed by atoms with van der Waals surface area (Å²) >= 11 is 0. The maximum Gasteiger partial charge on any atom is 0.104 e. The molecule has 0 radical (unpaired) electrons. The Bertz CT molecular complexity index is 4410. The molecule has 0 fully saturated rings. The number of nitriles is 6. The first-order valence-corrected chi connectivity index (χ1v) is 23.7. The van der Waals surface area contributed by atoms with Crippen molar-refractivity contribution in [2.24, 2.45) is 0 Å². The van der Waals surface area contributed by atoms with Gasteiger partial charge in [-0.3, -0.25) is 0 Å². The summed E-state index contributed by atoms with van der Waals surface area (Å²) in [4.78, 5) is 0. The van der Waals surface area contributed by atoms with Crippen molar-refractivity contribution in [3.8, 4) is 103 Å². The van der Waals surface area contributed by atoms with E-state index in [0.29, 0.717) is 55.9 Å². The van der Waals surface area contributed by atoms with Crippen LogP contribution < -0.4 is 0 Å². The zero-order valence-electron chi connectivity index (χ0n) is 39.2. The fourth-order valence-corrected chi connectivity index (χ4v) is 10.6. The molecular weight excluding hydrogens is 905 g/mol. The van der Waals surface area contributed by atoms with E-state index < -0.39 is 0 Å². The Morgan fingerprint density at radius 1 is 0.270 bits per heavy atom. The van der Waals surface area contributed by atoms with Gasteiger partial charge < -0.3 is 9.13 Å². The van der Waals surface area contributed by atoms with Gasteiger partial charge in [-0.25, -0.2) is 0 Å². The summed E-state index contributed by atoms with van der Waals surface area (Å²) in [6.07, 6.45) is 0. The highest BCUT2D eigenvalue weighted by Crippen LogP contribution is 2.45. The summed E-state index contributed by atoms with van der Waals surface area (Å²) in [6.45, 7) is 0. The molecule has 2 heterocycles. The molecule has 10 aromatic carbocycles. The summed E-state index contributed by atoms with van der Waals surface area (Å²) in [5.41, 5.74) is 14.7. The second kappa shape index (κ2) is 17.9. The van der Waals surface area contributed by atoms with E-state index in [1.165, 1.54) is 0 Å². The molecule has 0 atom stereocenters. The van der Waals surface area contributed by atoms with Crippen molar-refractivity contribution in [2.45, 2.75) is 0 Å². The van der Waals surface area contributed by atoms with E-state index in [1.54, 1.807) is 30.3 Å². The van der Waals surface area contributed by atoms with Gasteiger partial charge in [0, 0.05) is 27.1 Å². The zero-order chi connectivity index (χ0) is 50.5. The van der Waals surface area contributed by atoms with Crippen LogP contribution in [0.4, 0.5) is 0 Å². The van der Waals surface area contributed by atoms with E-state index in [0.717, 1.165) is 88.1 Å². The van der Waals surface area contributed by atoms with Crippen LogP contribution in [0.3, 0.4) is 0 Å². The molecule has 0 saturated heterocycles. The molecule has 0 N–H and O–H groups in total. The summed E-state index contributed by atoms with van der Waals surface area (Å²) < 4.78 is 4.23. The number of rotatable bonds is 7. The van der Waals surface area contributed by atoms with Gasteiger partial charge in [0.15, 0.2) is 0 Å². The number of fused-ring (bicyclic) bond motifs is 6. The van der Waals surface area contributed by atoms with Crippen molar-refractivity contribution in [1.82, 2.24) is 9.13 Å². The Labute approximate surface area is 425 Å². The number of benzene rings is 10. The van der Waals surface area contributed by atoms with Gasteiger partial charge in [0.1, 0.15) is 11.6 Å². The molecule has 338 valence electrons. The highest BCUT2D eigenvalue weighted by atomic mass is 15.0. The van der Waals surface area contributed by atoms with Crippen molar-refractivity contribution < 1.29 is 0 Å². The topological polar surface area (TPSA) is 153 Å². The number of hydrogen-bond acceptors (Lipinski definition) is 6. The van der Waals surface area contributed by atoms with Gasteiger partial charge in [0.2, 0.25) is 0 Å². The van der Waals surface area contributed by atoms with Crippen molar-refractivity contribution in [2.75, 3.05) is 0 Å². The molecule has 2 aromatic heterocycles. The Morgan fingerprint density at radius 3 is 1.00 bits per heavy atom. The summed E-state index contributed by atoms with van der Waals surface area (Å²) in [7, 11) is 0. The van der Waals surface area contributed by atoms with Crippen LogP contribution in [0.25, 0.3) is 111 Å². The van der Waals surface area contributed by atoms with Crippen molar-refractivity contribution in [3.63, 3.8) is 0 Å². The molecule has 8 heteroatoms. The minimum Gasteiger partial charge on any atom is -0.308 e. The lowest BCUT2D eigenvalue weighted by Crippen LogP contribution is -2.07. The average Bonchev–Trinajstić information content (AvgIpc) is 3.98. The van der Waals surface area contributed by atoms with Gasteiger partial charge >= 0.3 is 0 Å². The van der Waals surface area contributed by atoms with Crippen LogP contribution >= 0.6 is 0 Å². The molecule has 0 aliphatic heterocycles. The first-order chi connectivity index (χ1) is 36.4. The second-order valence-corrected chi connectivity index (χ2v) is 17.9. The molecule has 0 spiro atoms. The highest BCUT2D eigenvalue weighted by molar-refractivity contribution is 6.14. The van der Waals surface area contributed by atoms with E-state index >= 15 is 0 Å². The van der Waals surface area contributed by atoms with E-state index in [2.05, 4.69) is 94.1 Å². The lowest BCUT2D eigenvalue weighted by molar-refractivity contribution is 1.12. The summed E-state index contributed by atoms with van der Waals surface area (Å²) in [5, 5.41) is 67.1. The zero-order valence-corrected chi connectivity index (χ0v) is 39.2. The molecule has 0 unspecified atom stereocenters. The lowest BCUT2D eigenvalue weighted by Gasteiger charge is -2.21. The molecule has 0 aliphatic carbocycles. The molecule has 74 heavy (non-hydrogen) atoms. The maximum atomic E-state index is 12.1. The fourth-order valence-electron chi connectivity index (χ4n) is 10.6. The maximum absolute atomic E-state index is 12.1. The summed E-state index contributed by atoms with van der Waals surface area (Å²) in [6, 6.07) is 80.3. The molecule has 0 amide bonds. The van der Waals surface area contributed by atoms with Gasteiger partial charge in [0.25, 0.3) is 0 Å². The molecular formula is C66H34N8. The fraction of sp³-hybridized carbons (Fsp3) is 0. The Balaban J connectivity index is 1.26. The SMILES string of the molecule is N#Cc1cccc(-c2ccc(-n3c4cc(-c5ccccc5C#N)ccc4c4ccc(-c5ccccc5C#N)cc43)c(C#N)c2-n2c3cc(-c4ccccc4C#N)ccc3c3ccc(-c4ccccc4C#N)cc32)c1. The van der Waals surface area contributed by atoms with Gasteiger partial charge in [-0.1, -0.05) is 140 Å². The van der Waals surface area contributed by atoms with Gasteiger partial charge in [-0.15, -0.1) is 0 Å². The lowest BCUT2D eigenvalue weighted by atomic mass is 9.96. The Morgan fingerprint density at radius 2 is 0.635 bits per heavy atom. The van der Waals surface area contributed by atoms with E-state index in [4.69, 9.17) is 0 Å². The van der Waals surface area contributed by atoms with Crippen LogP contribution in [0.5, 0.6) is 0 Å². The smallest absolute Gasteiger partial charge is 0.104 e. The molecule has 12 rings (SSSR count). The number of hydrogen-bond donors (Lipinski definition) is 0. The Kier molecular flexibility index (Phi) is 10.7. The monoisotopic (exact) mass is 938 g/mol. The van der Waals surface area contributed by atoms with E-state index in [1.807, 2.05) is 127 Å². The van der Waals surface area contributed by atoms with Gasteiger partial charge in [0.05, 0.1) is 91.6 Å². The standard InChI is InChI=1S/C66H34N8/c67-35-41-10-9-15-42(30-41)55-28-29-61(73-62-31-43(51-16-5-1-11-47(51)36-68)20-24-56(62)57-25-21-44(32-63(57)73)52-17-6-2-12-48(52)37-69)60(40-72)66(55)74-64-33-45(53-18-7-3-13-49(53)38-70)22-26-58(64)59-27-23-46(34-65(59)74)54-19-8-4-14-50(54)39-71/h1-34H. The normalized spacial score (nSPS) is 10.9.